The SMILES string of the molecule is CN1c2c(cccc2C(F)(F)F)NC(=O)C12CC2. The maximum absolute atomic E-state index is 13.0. The van der Waals surface area contributed by atoms with Gasteiger partial charge < -0.3 is 10.2 Å². The minimum atomic E-state index is -4.42. The minimum absolute atomic E-state index is 0.0714. The van der Waals surface area contributed by atoms with Crippen LogP contribution in [-0.4, -0.2) is 18.5 Å². The fourth-order valence-corrected chi connectivity index (χ4v) is 2.52. The summed E-state index contributed by atoms with van der Waals surface area (Å²) in [5.74, 6) is -0.211. The summed E-state index contributed by atoms with van der Waals surface area (Å²) in [7, 11) is 1.56. The Hall–Kier alpha value is -1.72. The first-order valence-corrected chi connectivity index (χ1v) is 5.62. The van der Waals surface area contributed by atoms with E-state index in [1.807, 2.05) is 0 Å². The first-order valence-electron chi connectivity index (χ1n) is 5.62. The Kier molecular flexibility index (Phi) is 2.01. The molecule has 0 radical (unpaired) electrons. The lowest BCUT2D eigenvalue weighted by atomic mass is 10.0. The number of fused-ring (bicyclic) bond motifs is 1. The molecule has 6 heteroatoms. The van der Waals surface area contributed by atoms with Gasteiger partial charge in [-0.15, -0.1) is 0 Å². The number of carbonyl (C=O) groups is 1. The molecule has 2 aliphatic rings. The summed E-state index contributed by atoms with van der Waals surface area (Å²) in [6, 6.07) is 3.85. The van der Waals surface area contributed by atoms with E-state index < -0.39 is 17.3 Å². The molecule has 1 spiro atoms. The van der Waals surface area contributed by atoms with Gasteiger partial charge in [0.05, 0.1) is 16.9 Å². The van der Waals surface area contributed by atoms with E-state index in [-0.39, 0.29) is 17.3 Å². The monoisotopic (exact) mass is 256 g/mol. The van der Waals surface area contributed by atoms with Crippen LogP contribution in [0.4, 0.5) is 24.5 Å². The van der Waals surface area contributed by atoms with Crippen LogP contribution in [0.5, 0.6) is 0 Å². The lowest BCUT2D eigenvalue weighted by molar-refractivity contribution is -0.137. The van der Waals surface area contributed by atoms with Crippen molar-refractivity contribution in [1.29, 1.82) is 0 Å². The molecule has 0 atom stereocenters. The number of para-hydroxylation sites is 1. The fourth-order valence-electron chi connectivity index (χ4n) is 2.52. The molecule has 3 rings (SSSR count). The largest absolute Gasteiger partial charge is 0.418 e. The zero-order valence-electron chi connectivity index (χ0n) is 9.64. The molecule has 1 aromatic rings. The summed E-state index contributed by atoms with van der Waals surface area (Å²) >= 11 is 0. The number of likely N-dealkylation sites (N-methyl/N-ethyl adjacent to an activating group) is 1. The lowest BCUT2D eigenvalue weighted by Crippen LogP contribution is -2.49. The molecule has 3 nitrogen and oxygen atoms in total. The third-order valence-corrected chi connectivity index (χ3v) is 3.71. The summed E-state index contributed by atoms with van der Waals surface area (Å²) in [6.07, 6.45) is -3.22. The summed E-state index contributed by atoms with van der Waals surface area (Å²) in [5, 5.41) is 2.57. The van der Waals surface area contributed by atoms with Crippen LogP contribution in [-0.2, 0) is 11.0 Å². The predicted octanol–water partition coefficient (Wildman–Crippen LogP) is 2.63. The van der Waals surface area contributed by atoms with Gasteiger partial charge in [0, 0.05) is 7.05 Å². The number of nitrogens with one attached hydrogen (secondary N) is 1. The quantitative estimate of drug-likeness (QED) is 0.774. The minimum Gasteiger partial charge on any atom is -0.358 e. The molecule has 1 aromatic carbocycles. The van der Waals surface area contributed by atoms with Crippen molar-refractivity contribution in [2.24, 2.45) is 0 Å². The molecular formula is C12H11F3N2O. The van der Waals surface area contributed by atoms with Crippen molar-refractivity contribution in [1.82, 2.24) is 0 Å². The summed E-state index contributed by atoms with van der Waals surface area (Å²) < 4.78 is 38.9. The van der Waals surface area contributed by atoms with Gasteiger partial charge >= 0.3 is 6.18 Å². The van der Waals surface area contributed by atoms with Gasteiger partial charge in [-0.25, -0.2) is 0 Å². The molecule has 1 N–H and O–H groups in total. The van der Waals surface area contributed by atoms with Gasteiger partial charge in [-0.05, 0) is 25.0 Å². The van der Waals surface area contributed by atoms with E-state index >= 15 is 0 Å². The van der Waals surface area contributed by atoms with Crippen LogP contribution in [0.25, 0.3) is 0 Å². The van der Waals surface area contributed by atoms with Gasteiger partial charge in [0.2, 0.25) is 5.91 Å². The number of alkyl halides is 3. The highest BCUT2D eigenvalue weighted by Gasteiger charge is 2.57. The Labute approximate surface area is 102 Å². The first-order chi connectivity index (χ1) is 8.36. The van der Waals surface area contributed by atoms with Gasteiger partial charge in [0.1, 0.15) is 5.54 Å². The van der Waals surface area contributed by atoms with E-state index in [0.29, 0.717) is 12.8 Å². The van der Waals surface area contributed by atoms with Crippen molar-refractivity contribution in [2.75, 3.05) is 17.3 Å². The molecule has 0 saturated heterocycles. The smallest absolute Gasteiger partial charge is 0.358 e. The Balaban J connectivity index is 2.19. The zero-order valence-corrected chi connectivity index (χ0v) is 9.64. The van der Waals surface area contributed by atoms with Gasteiger partial charge in [0.25, 0.3) is 0 Å². The van der Waals surface area contributed by atoms with Crippen molar-refractivity contribution in [3.05, 3.63) is 23.8 Å². The van der Waals surface area contributed by atoms with Crippen LogP contribution >= 0.6 is 0 Å². The molecule has 96 valence electrons. The van der Waals surface area contributed by atoms with Gasteiger partial charge in [-0.3, -0.25) is 4.79 Å². The molecule has 0 unspecified atom stereocenters. The molecule has 1 fully saturated rings. The van der Waals surface area contributed by atoms with Crippen LogP contribution < -0.4 is 10.2 Å². The Morgan fingerprint density at radius 2 is 2.00 bits per heavy atom. The highest BCUT2D eigenvalue weighted by molar-refractivity contribution is 6.09. The lowest BCUT2D eigenvalue weighted by Gasteiger charge is -2.37. The number of halogens is 3. The number of carbonyl (C=O) groups excluding carboxylic acids is 1. The second-order valence-corrected chi connectivity index (χ2v) is 4.74. The van der Waals surface area contributed by atoms with Crippen molar-refractivity contribution in [3.63, 3.8) is 0 Å². The number of hydrogen-bond donors (Lipinski definition) is 1. The van der Waals surface area contributed by atoms with Crippen LogP contribution in [0.2, 0.25) is 0 Å². The molecule has 1 aliphatic heterocycles. The first kappa shape index (κ1) is 11.4. The molecule has 1 amide bonds. The van der Waals surface area contributed by atoms with E-state index in [0.717, 1.165) is 6.07 Å². The van der Waals surface area contributed by atoms with E-state index in [4.69, 9.17) is 0 Å². The van der Waals surface area contributed by atoms with Gasteiger partial charge in [-0.2, -0.15) is 13.2 Å². The third kappa shape index (κ3) is 1.34. The van der Waals surface area contributed by atoms with Crippen LogP contribution in [0.1, 0.15) is 18.4 Å². The molecule has 1 saturated carbocycles. The maximum Gasteiger partial charge on any atom is 0.418 e. The van der Waals surface area contributed by atoms with E-state index in [1.165, 1.54) is 17.0 Å². The molecule has 1 heterocycles. The Bertz CT molecular complexity index is 535. The van der Waals surface area contributed by atoms with Crippen molar-refractivity contribution in [2.45, 2.75) is 24.6 Å². The van der Waals surface area contributed by atoms with E-state index in [2.05, 4.69) is 5.32 Å². The number of amides is 1. The van der Waals surface area contributed by atoms with Crippen LogP contribution in [0.15, 0.2) is 18.2 Å². The second-order valence-electron chi connectivity index (χ2n) is 4.74. The molecule has 18 heavy (non-hydrogen) atoms. The average molecular weight is 256 g/mol. The second kappa shape index (κ2) is 3.18. The molecular weight excluding hydrogens is 245 g/mol. The average Bonchev–Trinajstić information content (AvgIpc) is 3.06. The van der Waals surface area contributed by atoms with Crippen molar-refractivity contribution >= 4 is 17.3 Å². The number of hydrogen-bond acceptors (Lipinski definition) is 2. The normalized spacial score (nSPS) is 20.7. The number of anilines is 2. The highest BCUT2D eigenvalue weighted by atomic mass is 19.4. The summed E-state index contributed by atoms with van der Waals surface area (Å²) in [6.45, 7) is 0. The van der Waals surface area contributed by atoms with Crippen molar-refractivity contribution in [3.8, 4) is 0 Å². The fraction of sp³-hybridized carbons (Fsp3) is 0.417. The van der Waals surface area contributed by atoms with Gasteiger partial charge in [0.15, 0.2) is 0 Å². The van der Waals surface area contributed by atoms with Crippen molar-refractivity contribution < 1.29 is 18.0 Å². The van der Waals surface area contributed by atoms with Crippen LogP contribution in [0, 0.1) is 0 Å². The Morgan fingerprint density at radius 3 is 2.56 bits per heavy atom. The zero-order chi connectivity index (χ0) is 13.1. The highest BCUT2D eigenvalue weighted by Crippen LogP contribution is 2.52. The van der Waals surface area contributed by atoms with Gasteiger partial charge in [-0.1, -0.05) is 6.07 Å². The summed E-state index contributed by atoms with van der Waals surface area (Å²) in [5.41, 5.74) is -1.17. The number of rotatable bonds is 0. The third-order valence-electron chi connectivity index (χ3n) is 3.71. The number of benzene rings is 1. The topological polar surface area (TPSA) is 32.3 Å². The number of nitrogens with zero attached hydrogens (tertiary/aromatic N) is 1. The summed E-state index contributed by atoms with van der Waals surface area (Å²) in [4.78, 5) is 13.4. The van der Waals surface area contributed by atoms with E-state index in [9.17, 15) is 18.0 Å². The molecule has 0 bridgehead atoms. The standard InChI is InChI=1S/C12H11F3N2O/c1-17-9-7(12(13,14)15)3-2-4-8(9)16-10(18)11(17)5-6-11/h2-4H,5-6H2,1H3,(H,16,18). The predicted molar refractivity (Wildman–Crippen MR) is 60.4 cm³/mol. The molecule has 1 aliphatic carbocycles. The molecule has 0 aromatic heterocycles. The Morgan fingerprint density at radius 1 is 1.33 bits per heavy atom. The van der Waals surface area contributed by atoms with E-state index in [1.54, 1.807) is 7.05 Å². The van der Waals surface area contributed by atoms with Crippen LogP contribution in [0.3, 0.4) is 0 Å². The maximum atomic E-state index is 13.0.